The number of aryl methyl sites for hydroxylation is 1. The lowest BCUT2D eigenvalue weighted by Crippen LogP contribution is -2.13. The molecule has 0 saturated heterocycles. The first-order chi connectivity index (χ1) is 11.5. The van der Waals surface area contributed by atoms with Gasteiger partial charge in [-0.15, -0.1) is 0 Å². The van der Waals surface area contributed by atoms with Crippen molar-refractivity contribution in [3.05, 3.63) is 50.7 Å². The Kier molecular flexibility index (Phi) is 3.75. The van der Waals surface area contributed by atoms with E-state index in [1.807, 2.05) is 23.7 Å². The minimum Gasteiger partial charge on any atom is -0.454 e. The molecule has 2 aromatic carbocycles. The number of carbonyl (C=O) groups is 1. The molecule has 0 radical (unpaired) electrons. The van der Waals surface area contributed by atoms with Crippen LogP contribution in [0.25, 0.3) is 10.2 Å². The molecule has 1 aliphatic rings. The lowest BCUT2D eigenvalue weighted by Gasteiger charge is -2.00. The fraction of sp³-hybridized carbons (Fsp3) is 0.125. The molecule has 0 N–H and O–H groups in total. The summed E-state index contributed by atoms with van der Waals surface area (Å²) in [5, 5.41) is 0.749. The van der Waals surface area contributed by atoms with Gasteiger partial charge in [-0.3, -0.25) is 4.79 Å². The number of nitrogens with zero attached hydrogens (tertiary/aromatic N) is 2. The van der Waals surface area contributed by atoms with Crippen LogP contribution in [-0.4, -0.2) is 17.3 Å². The first kappa shape index (κ1) is 15.5. The van der Waals surface area contributed by atoms with Crippen molar-refractivity contribution in [3.8, 4) is 11.5 Å². The Morgan fingerprint density at radius 3 is 2.71 bits per heavy atom. The van der Waals surface area contributed by atoms with E-state index in [2.05, 4.69) is 4.99 Å². The SMILES string of the molecule is Cn1c(=NC(=O)c2ccc(Cl)cc2Cl)sc2cc3c(cc21)OCO3. The van der Waals surface area contributed by atoms with Crippen molar-refractivity contribution in [2.45, 2.75) is 0 Å². The molecule has 0 atom stereocenters. The highest BCUT2D eigenvalue weighted by molar-refractivity contribution is 7.16. The van der Waals surface area contributed by atoms with Gasteiger partial charge in [-0.25, -0.2) is 0 Å². The average molecular weight is 381 g/mol. The first-order valence-electron chi connectivity index (χ1n) is 6.96. The number of fused-ring (bicyclic) bond motifs is 2. The van der Waals surface area contributed by atoms with Gasteiger partial charge in [-0.1, -0.05) is 34.5 Å². The smallest absolute Gasteiger partial charge is 0.281 e. The van der Waals surface area contributed by atoms with Crippen LogP contribution >= 0.6 is 34.5 Å². The van der Waals surface area contributed by atoms with Crippen LogP contribution in [-0.2, 0) is 7.05 Å². The number of rotatable bonds is 1. The van der Waals surface area contributed by atoms with Crippen molar-refractivity contribution < 1.29 is 14.3 Å². The molecule has 1 aromatic heterocycles. The third-order valence-electron chi connectivity index (χ3n) is 3.66. The normalized spacial score (nSPS) is 13.7. The second-order valence-electron chi connectivity index (χ2n) is 5.16. The minimum atomic E-state index is -0.418. The highest BCUT2D eigenvalue weighted by Crippen LogP contribution is 2.36. The molecule has 0 saturated carbocycles. The molecular formula is C16H10Cl2N2O3S. The zero-order valence-corrected chi connectivity index (χ0v) is 14.7. The van der Waals surface area contributed by atoms with E-state index in [-0.39, 0.29) is 11.8 Å². The lowest BCUT2D eigenvalue weighted by atomic mass is 10.2. The maximum absolute atomic E-state index is 12.4. The van der Waals surface area contributed by atoms with Crippen LogP contribution in [0.4, 0.5) is 0 Å². The summed E-state index contributed by atoms with van der Waals surface area (Å²) in [5.41, 5.74) is 1.23. The van der Waals surface area contributed by atoms with Gasteiger partial charge in [-0.2, -0.15) is 4.99 Å². The standard InChI is InChI=1S/C16H10Cl2N2O3S/c1-20-11-5-12-13(23-7-22-12)6-14(11)24-16(20)19-15(21)9-3-2-8(17)4-10(9)18/h2-6H,7H2,1H3. The molecule has 1 aliphatic heterocycles. The second-order valence-corrected chi connectivity index (χ2v) is 7.01. The monoisotopic (exact) mass is 380 g/mol. The highest BCUT2D eigenvalue weighted by Gasteiger charge is 2.17. The number of amides is 1. The number of thiazole rings is 1. The predicted octanol–water partition coefficient (Wildman–Crippen LogP) is 4.02. The summed E-state index contributed by atoms with van der Waals surface area (Å²) in [4.78, 5) is 17.2. The molecule has 4 rings (SSSR count). The number of aromatic nitrogens is 1. The van der Waals surface area contributed by atoms with Crippen LogP contribution in [0.15, 0.2) is 35.3 Å². The zero-order chi connectivity index (χ0) is 16.8. The van der Waals surface area contributed by atoms with Gasteiger partial charge in [0, 0.05) is 24.2 Å². The Balaban J connectivity index is 1.82. The molecule has 1 amide bonds. The van der Waals surface area contributed by atoms with Gasteiger partial charge in [0.25, 0.3) is 5.91 Å². The molecule has 24 heavy (non-hydrogen) atoms. The summed E-state index contributed by atoms with van der Waals surface area (Å²) in [6.07, 6.45) is 0. The van der Waals surface area contributed by atoms with Crippen molar-refractivity contribution in [3.63, 3.8) is 0 Å². The Morgan fingerprint density at radius 1 is 1.21 bits per heavy atom. The molecule has 0 aliphatic carbocycles. The zero-order valence-electron chi connectivity index (χ0n) is 12.4. The van der Waals surface area contributed by atoms with Crippen molar-refractivity contribution in [2.75, 3.05) is 6.79 Å². The summed E-state index contributed by atoms with van der Waals surface area (Å²) in [7, 11) is 1.84. The molecule has 3 aromatic rings. The van der Waals surface area contributed by atoms with Gasteiger partial charge in [0.2, 0.25) is 6.79 Å². The van der Waals surface area contributed by atoms with Crippen LogP contribution in [0.1, 0.15) is 10.4 Å². The number of ether oxygens (including phenoxy) is 2. The third kappa shape index (κ3) is 2.56. The minimum absolute atomic E-state index is 0.223. The fourth-order valence-electron chi connectivity index (χ4n) is 2.43. The largest absolute Gasteiger partial charge is 0.454 e. The summed E-state index contributed by atoms with van der Waals surface area (Å²) in [6.45, 7) is 0.223. The van der Waals surface area contributed by atoms with Crippen molar-refractivity contribution in [1.82, 2.24) is 4.57 Å². The van der Waals surface area contributed by atoms with Gasteiger partial charge in [-0.05, 0) is 18.2 Å². The van der Waals surface area contributed by atoms with Crippen LogP contribution in [0.3, 0.4) is 0 Å². The fourth-order valence-corrected chi connectivity index (χ4v) is 3.95. The Labute approximate surface area is 150 Å². The van der Waals surface area contributed by atoms with E-state index >= 15 is 0 Å². The van der Waals surface area contributed by atoms with Crippen LogP contribution in [0.5, 0.6) is 11.5 Å². The molecule has 0 unspecified atom stereocenters. The molecule has 122 valence electrons. The lowest BCUT2D eigenvalue weighted by molar-refractivity contribution is 0.0998. The molecule has 5 nitrogen and oxygen atoms in total. The molecule has 0 fully saturated rings. The maximum atomic E-state index is 12.4. The average Bonchev–Trinajstić information content (AvgIpc) is 3.10. The maximum Gasteiger partial charge on any atom is 0.281 e. The molecule has 2 heterocycles. The van der Waals surface area contributed by atoms with Crippen molar-refractivity contribution in [1.29, 1.82) is 0 Å². The topological polar surface area (TPSA) is 52.8 Å². The van der Waals surface area contributed by atoms with Crippen molar-refractivity contribution >= 4 is 50.7 Å². The number of hydrogen-bond donors (Lipinski definition) is 0. The molecule has 0 spiro atoms. The van der Waals surface area contributed by atoms with E-state index in [0.29, 0.717) is 26.9 Å². The van der Waals surface area contributed by atoms with Crippen molar-refractivity contribution in [2.24, 2.45) is 12.0 Å². The van der Waals surface area contributed by atoms with E-state index in [0.717, 1.165) is 10.2 Å². The Hall–Kier alpha value is -2.02. The molecular weight excluding hydrogens is 371 g/mol. The summed E-state index contributed by atoms with van der Waals surface area (Å²) >= 11 is 13.3. The summed E-state index contributed by atoms with van der Waals surface area (Å²) in [5.74, 6) is 0.969. The van der Waals surface area contributed by atoms with Gasteiger partial charge in [0.1, 0.15) is 0 Å². The number of hydrogen-bond acceptors (Lipinski definition) is 4. The quantitative estimate of drug-likeness (QED) is 0.640. The van der Waals surface area contributed by atoms with Gasteiger partial charge >= 0.3 is 0 Å². The van der Waals surface area contributed by atoms with E-state index in [4.69, 9.17) is 32.7 Å². The number of benzene rings is 2. The highest BCUT2D eigenvalue weighted by atomic mass is 35.5. The number of carbonyl (C=O) groups excluding carboxylic acids is 1. The number of halogens is 2. The molecule has 8 heteroatoms. The second kappa shape index (κ2) is 5.81. The van der Waals surface area contributed by atoms with E-state index in [1.54, 1.807) is 12.1 Å². The Bertz CT molecular complexity index is 1060. The molecule has 0 bridgehead atoms. The van der Waals surface area contributed by atoms with Crippen LogP contribution < -0.4 is 14.3 Å². The van der Waals surface area contributed by atoms with E-state index < -0.39 is 5.91 Å². The van der Waals surface area contributed by atoms with Crippen LogP contribution in [0.2, 0.25) is 10.0 Å². The summed E-state index contributed by atoms with van der Waals surface area (Å²) in [6, 6.07) is 8.48. The summed E-state index contributed by atoms with van der Waals surface area (Å²) < 4.78 is 13.6. The Morgan fingerprint density at radius 2 is 1.96 bits per heavy atom. The van der Waals surface area contributed by atoms with Crippen LogP contribution in [0, 0.1) is 0 Å². The van der Waals surface area contributed by atoms with Gasteiger partial charge < -0.3 is 14.0 Å². The van der Waals surface area contributed by atoms with Gasteiger partial charge in [0.05, 0.1) is 20.8 Å². The van der Waals surface area contributed by atoms with E-state index in [1.165, 1.54) is 17.4 Å². The predicted molar refractivity (Wildman–Crippen MR) is 93.3 cm³/mol. The third-order valence-corrected chi connectivity index (χ3v) is 5.30. The first-order valence-corrected chi connectivity index (χ1v) is 8.53. The van der Waals surface area contributed by atoms with E-state index in [9.17, 15) is 4.79 Å². The van der Waals surface area contributed by atoms with Gasteiger partial charge in [0.15, 0.2) is 16.3 Å².